The number of allylic oxidation sites excluding steroid dienone is 1. The van der Waals surface area contributed by atoms with Crippen molar-refractivity contribution < 1.29 is 14.4 Å². The molecule has 0 bridgehead atoms. The zero-order valence-corrected chi connectivity index (χ0v) is 22.0. The van der Waals surface area contributed by atoms with Gasteiger partial charge in [0.25, 0.3) is 0 Å². The number of primary amides is 1. The number of carbonyl (C=O) groups excluding carboxylic acids is 3. The van der Waals surface area contributed by atoms with Crippen molar-refractivity contribution >= 4 is 29.0 Å². The fraction of sp³-hybridized carbons (Fsp3) is 0.519. The van der Waals surface area contributed by atoms with Crippen LogP contribution < -0.4 is 5.73 Å². The lowest BCUT2D eigenvalue weighted by Gasteiger charge is -2.46. The van der Waals surface area contributed by atoms with Crippen LogP contribution in [0.3, 0.4) is 0 Å². The van der Waals surface area contributed by atoms with Crippen LogP contribution in [0.15, 0.2) is 42.1 Å². The van der Waals surface area contributed by atoms with Gasteiger partial charge in [0, 0.05) is 43.2 Å². The summed E-state index contributed by atoms with van der Waals surface area (Å²) in [7, 11) is 5.49. The fourth-order valence-electron chi connectivity index (χ4n) is 5.00. The molecule has 7 heteroatoms. The number of nitrogens with two attached hydrogens (primary N) is 1. The molecule has 0 spiro atoms. The monoisotopic (exact) mass is 468 g/mol. The van der Waals surface area contributed by atoms with Crippen molar-refractivity contribution in [2.24, 2.45) is 18.2 Å². The zero-order valence-electron chi connectivity index (χ0n) is 22.0. The Balaban J connectivity index is 2.55. The highest BCUT2D eigenvalue weighted by Gasteiger charge is 2.47. The molecule has 34 heavy (non-hydrogen) atoms. The normalized spacial score (nSPS) is 14.8. The number of hydrogen-bond acceptors (Lipinski definition) is 4. The third-order valence-electron chi connectivity index (χ3n) is 6.66. The molecule has 2 atom stereocenters. The van der Waals surface area contributed by atoms with Crippen molar-refractivity contribution in [1.29, 1.82) is 0 Å². The first-order chi connectivity index (χ1) is 15.6. The molecule has 0 aliphatic heterocycles. The van der Waals surface area contributed by atoms with Crippen molar-refractivity contribution in [1.82, 2.24) is 14.4 Å². The molecule has 2 aromatic rings. The molecule has 2 rings (SSSR count). The summed E-state index contributed by atoms with van der Waals surface area (Å²) in [6, 6.07) is 6.70. The quantitative estimate of drug-likeness (QED) is 0.452. The number of fused-ring (bicyclic) bond motifs is 1. The van der Waals surface area contributed by atoms with Crippen LogP contribution in [0.5, 0.6) is 0 Å². The van der Waals surface area contributed by atoms with Gasteiger partial charge in [-0.25, -0.2) is 0 Å². The van der Waals surface area contributed by atoms with E-state index in [1.54, 1.807) is 32.0 Å². The Bertz CT molecular complexity index is 1090. The highest BCUT2D eigenvalue weighted by molar-refractivity contribution is 5.89. The molecule has 0 aliphatic carbocycles. The Morgan fingerprint density at radius 3 is 2.21 bits per heavy atom. The standard InChI is InChI=1S/C27H40N4O3/c1-18(17-32)14-15-29(7)25(34)23(26(2,3)4)31(9)22(24(28)33)27(5,6)20-16-30(8)21-13-11-10-12-19(20)21/h10-14,16-17,22-23H,15H2,1-9H3,(H2,28,33)/b18-14+/t22-,23?/m1/s1. The fourth-order valence-corrected chi connectivity index (χ4v) is 5.00. The first kappa shape index (κ1) is 27.3. The number of amides is 2. The van der Waals surface area contributed by atoms with E-state index in [1.807, 2.05) is 81.6 Å². The summed E-state index contributed by atoms with van der Waals surface area (Å²) in [6.45, 7) is 12.0. The van der Waals surface area contributed by atoms with Gasteiger partial charge in [0.1, 0.15) is 6.29 Å². The second-order valence-electron chi connectivity index (χ2n) is 10.9. The molecule has 186 valence electrons. The maximum atomic E-state index is 13.6. The Labute approximate surface area is 203 Å². The van der Waals surface area contributed by atoms with Crippen LogP contribution in [0, 0.1) is 5.41 Å². The van der Waals surface area contributed by atoms with Crippen LogP contribution in [-0.4, -0.2) is 65.2 Å². The maximum absolute atomic E-state index is 13.6. The largest absolute Gasteiger partial charge is 0.368 e. The van der Waals surface area contributed by atoms with E-state index in [1.165, 1.54) is 0 Å². The van der Waals surface area contributed by atoms with Crippen molar-refractivity contribution in [3.8, 4) is 0 Å². The number of likely N-dealkylation sites (N-methyl/N-ethyl adjacent to an activating group) is 2. The van der Waals surface area contributed by atoms with Crippen LogP contribution in [0.2, 0.25) is 0 Å². The van der Waals surface area contributed by atoms with E-state index in [0.717, 1.165) is 22.8 Å². The number of aromatic nitrogens is 1. The van der Waals surface area contributed by atoms with Gasteiger partial charge < -0.3 is 15.2 Å². The van der Waals surface area contributed by atoms with Gasteiger partial charge in [0.2, 0.25) is 11.8 Å². The van der Waals surface area contributed by atoms with Gasteiger partial charge >= 0.3 is 0 Å². The average Bonchev–Trinajstić information content (AvgIpc) is 3.08. The summed E-state index contributed by atoms with van der Waals surface area (Å²) in [6.07, 6.45) is 4.53. The van der Waals surface area contributed by atoms with Gasteiger partial charge in [-0.3, -0.25) is 19.3 Å². The Kier molecular flexibility index (Phi) is 8.14. The number of aldehydes is 1. The Morgan fingerprint density at radius 1 is 1.09 bits per heavy atom. The lowest BCUT2D eigenvalue weighted by molar-refractivity contribution is -0.143. The molecule has 1 unspecified atom stereocenters. The second-order valence-corrected chi connectivity index (χ2v) is 10.9. The summed E-state index contributed by atoms with van der Waals surface area (Å²) in [5.41, 5.74) is 7.49. The van der Waals surface area contributed by atoms with Crippen molar-refractivity contribution in [2.75, 3.05) is 20.6 Å². The SMILES string of the molecule is C/C(C=O)=C\CN(C)C(=O)C(N(C)[C@H](C(N)=O)C(C)(C)c1cn(C)c2ccccc12)C(C)(C)C. The lowest BCUT2D eigenvalue weighted by Crippen LogP contribution is -2.63. The number of aryl methyl sites for hydroxylation is 1. The summed E-state index contributed by atoms with van der Waals surface area (Å²) in [5, 5.41) is 1.06. The first-order valence-electron chi connectivity index (χ1n) is 11.6. The average molecular weight is 469 g/mol. The third-order valence-corrected chi connectivity index (χ3v) is 6.66. The van der Waals surface area contributed by atoms with Gasteiger partial charge in [0.05, 0.1) is 12.1 Å². The van der Waals surface area contributed by atoms with Crippen molar-refractivity contribution in [2.45, 2.75) is 59.0 Å². The van der Waals surface area contributed by atoms with E-state index in [2.05, 4.69) is 0 Å². The molecule has 0 aliphatic rings. The predicted octanol–water partition coefficient (Wildman–Crippen LogP) is 3.26. The first-order valence-corrected chi connectivity index (χ1v) is 11.6. The highest BCUT2D eigenvalue weighted by Crippen LogP contribution is 2.38. The highest BCUT2D eigenvalue weighted by atomic mass is 16.2. The van der Waals surface area contributed by atoms with Gasteiger partial charge in [-0.2, -0.15) is 0 Å². The van der Waals surface area contributed by atoms with Gasteiger partial charge in [0.15, 0.2) is 0 Å². The van der Waals surface area contributed by atoms with E-state index in [-0.39, 0.29) is 5.91 Å². The summed E-state index contributed by atoms with van der Waals surface area (Å²) in [4.78, 5) is 41.0. The predicted molar refractivity (Wildman–Crippen MR) is 137 cm³/mol. The van der Waals surface area contributed by atoms with Crippen LogP contribution in [-0.2, 0) is 26.8 Å². The molecular weight excluding hydrogens is 428 g/mol. The molecule has 2 N–H and O–H groups in total. The molecule has 0 radical (unpaired) electrons. The molecular formula is C27H40N4O3. The summed E-state index contributed by atoms with van der Waals surface area (Å²) < 4.78 is 2.05. The number of benzene rings is 1. The molecule has 1 aromatic heterocycles. The lowest BCUT2D eigenvalue weighted by atomic mass is 9.74. The van der Waals surface area contributed by atoms with Gasteiger partial charge in [-0.05, 0) is 36.6 Å². The minimum atomic E-state index is -0.743. The molecule has 0 saturated heterocycles. The molecule has 0 fully saturated rings. The molecule has 0 saturated carbocycles. The minimum absolute atomic E-state index is 0.134. The topological polar surface area (TPSA) is 88.6 Å². The number of rotatable bonds is 9. The van der Waals surface area contributed by atoms with Crippen LogP contribution in [0.4, 0.5) is 0 Å². The Hall–Kier alpha value is -2.93. The van der Waals surface area contributed by atoms with Gasteiger partial charge in [-0.1, -0.05) is 58.9 Å². The van der Waals surface area contributed by atoms with E-state index >= 15 is 0 Å². The van der Waals surface area contributed by atoms with E-state index < -0.39 is 28.8 Å². The third kappa shape index (κ3) is 5.41. The van der Waals surface area contributed by atoms with Crippen molar-refractivity contribution in [3.05, 3.63) is 47.7 Å². The van der Waals surface area contributed by atoms with Crippen LogP contribution >= 0.6 is 0 Å². The van der Waals surface area contributed by atoms with E-state index in [0.29, 0.717) is 12.1 Å². The van der Waals surface area contributed by atoms with E-state index in [4.69, 9.17) is 5.73 Å². The number of nitrogens with zero attached hydrogens (tertiary/aromatic N) is 3. The molecule has 7 nitrogen and oxygen atoms in total. The molecule has 2 amide bonds. The number of carbonyl (C=O) groups is 3. The Morgan fingerprint density at radius 2 is 1.68 bits per heavy atom. The second kappa shape index (κ2) is 10.1. The molecule has 1 aromatic carbocycles. The summed E-state index contributed by atoms with van der Waals surface area (Å²) in [5.74, 6) is -0.619. The minimum Gasteiger partial charge on any atom is -0.368 e. The molecule has 1 heterocycles. The maximum Gasteiger partial charge on any atom is 0.240 e. The van der Waals surface area contributed by atoms with Gasteiger partial charge in [-0.15, -0.1) is 0 Å². The zero-order chi connectivity index (χ0) is 26.0. The van der Waals surface area contributed by atoms with Crippen LogP contribution in [0.25, 0.3) is 10.9 Å². The number of para-hydroxylation sites is 1. The smallest absolute Gasteiger partial charge is 0.240 e. The van der Waals surface area contributed by atoms with E-state index in [9.17, 15) is 14.4 Å². The van der Waals surface area contributed by atoms with Crippen LogP contribution in [0.1, 0.15) is 47.1 Å². The number of hydrogen-bond donors (Lipinski definition) is 1. The van der Waals surface area contributed by atoms with Crippen molar-refractivity contribution in [3.63, 3.8) is 0 Å². The summed E-state index contributed by atoms with van der Waals surface area (Å²) >= 11 is 0.